The maximum atomic E-state index is 5.75. The summed E-state index contributed by atoms with van der Waals surface area (Å²) in [5.74, 6) is 0. The van der Waals surface area contributed by atoms with E-state index in [9.17, 15) is 0 Å². The Kier molecular flexibility index (Phi) is 5.87. The fraction of sp³-hybridized carbons (Fsp3) is 0.625. The molecule has 2 N–H and O–H groups in total. The van der Waals surface area contributed by atoms with Crippen LogP contribution < -0.4 is 10.6 Å². The van der Waals surface area contributed by atoms with Crippen LogP contribution in [0.4, 0.5) is 5.69 Å². The van der Waals surface area contributed by atoms with Gasteiger partial charge in [-0.2, -0.15) is 0 Å². The van der Waals surface area contributed by atoms with Gasteiger partial charge in [0.05, 0.1) is 0 Å². The first-order valence-corrected chi connectivity index (χ1v) is 8.38. The number of benzene rings is 1. The Hall–Kier alpha value is -0.580. The minimum atomic E-state index is 0.649. The van der Waals surface area contributed by atoms with E-state index in [-0.39, 0.29) is 0 Å². The third-order valence-corrected chi connectivity index (χ3v) is 4.88. The largest absolute Gasteiger partial charge is 0.371 e. The van der Waals surface area contributed by atoms with Gasteiger partial charge in [0.15, 0.2) is 0 Å². The summed E-state index contributed by atoms with van der Waals surface area (Å²) >= 11 is 3.56. The van der Waals surface area contributed by atoms with Crippen LogP contribution in [-0.2, 0) is 6.42 Å². The molecule has 1 aliphatic heterocycles. The summed E-state index contributed by atoms with van der Waals surface area (Å²) in [6.07, 6.45) is 3.44. The molecule has 0 bridgehead atoms. The van der Waals surface area contributed by atoms with Crippen molar-refractivity contribution in [2.24, 2.45) is 5.73 Å². The minimum absolute atomic E-state index is 0.649. The Morgan fingerprint density at radius 2 is 2.05 bits per heavy atom. The molecule has 3 nitrogen and oxygen atoms in total. The van der Waals surface area contributed by atoms with Crippen LogP contribution in [0.25, 0.3) is 0 Å². The molecule has 1 aliphatic rings. The molecule has 0 unspecified atom stereocenters. The van der Waals surface area contributed by atoms with Crippen LogP contribution in [0, 0.1) is 0 Å². The molecule has 1 heterocycles. The van der Waals surface area contributed by atoms with Crippen LogP contribution in [-0.4, -0.2) is 44.2 Å². The van der Waals surface area contributed by atoms with E-state index in [2.05, 4.69) is 57.9 Å². The van der Waals surface area contributed by atoms with Gasteiger partial charge in [-0.3, -0.25) is 0 Å². The lowest BCUT2D eigenvalue weighted by Crippen LogP contribution is -2.43. The SMILES string of the molecule is CCN1CCC(N(C)c2ccc(Br)cc2CCN)CC1. The van der Waals surface area contributed by atoms with Gasteiger partial charge in [0.2, 0.25) is 0 Å². The standard InChI is InChI=1S/C16H26BrN3/c1-3-20-10-7-15(8-11-20)19(2)16-5-4-14(17)12-13(16)6-9-18/h4-5,12,15H,3,6-11,18H2,1-2H3. The highest BCUT2D eigenvalue weighted by molar-refractivity contribution is 9.10. The number of anilines is 1. The van der Waals surface area contributed by atoms with Gasteiger partial charge in [0.1, 0.15) is 0 Å². The second-order valence-corrected chi connectivity index (χ2v) is 6.50. The zero-order valence-electron chi connectivity index (χ0n) is 12.6. The monoisotopic (exact) mass is 339 g/mol. The maximum Gasteiger partial charge on any atom is 0.0399 e. The summed E-state index contributed by atoms with van der Waals surface area (Å²) in [6, 6.07) is 7.21. The minimum Gasteiger partial charge on any atom is -0.371 e. The molecule has 112 valence electrons. The third kappa shape index (κ3) is 3.74. The highest BCUT2D eigenvalue weighted by Crippen LogP contribution is 2.28. The van der Waals surface area contributed by atoms with Crippen LogP contribution in [0.15, 0.2) is 22.7 Å². The molecule has 2 rings (SSSR count). The van der Waals surface area contributed by atoms with Gasteiger partial charge in [-0.1, -0.05) is 22.9 Å². The Labute approximate surface area is 131 Å². The molecule has 0 spiro atoms. The lowest BCUT2D eigenvalue weighted by Gasteiger charge is -2.38. The van der Waals surface area contributed by atoms with E-state index in [0.29, 0.717) is 12.6 Å². The number of halogens is 1. The molecule has 4 heteroatoms. The van der Waals surface area contributed by atoms with Crippen LogP contribution in [0.1, 0.15) is 25.3 Å². The van der Waals surface area contributed by atoms with E-state index in [1.54, 1.807) is 0 Å². The fourth-order valence-corrected chi connectivity index (χ4v) is 3.48. The summed E-state index contributed by atoms with van der Waals surface area (Å²) in [7, 11) is 2.23. The number of hydrogen-bond donors (Lipinski definition) is 1. The molecule has 0 aliphatic carbocycles. The maximum absolute atomic E-state index is 5.75. The summed E-state index contributed by atoms with van der Waals surface area (Å²) in [5.41, 5.74) is 8.44. The van der Waals surface area contributed by atoms with Gasteiger partial charge in [-0.05, 0) is 56.1 Å². The molecule has 1 aromatic rings. The smallest absolute Gasteiger partial charge is 0.0399 e. The lowest BCUT2D eigenvalue weighted by molar-refractivity contribution is 0.221. The van der Waals surface area contributed by atoms with E-state index in [1.807, 2.05) is 0 Å². The van der Waals surface area contributed by atoms with E-state index in [4.69, 9.17) is 5.73 Å². The van der Waals surface area contributed by atoms with Gasteiger partial charge < -0.3 is 15.5 Å². The molecule has 0 atom stereocenters. The first-order valence-electron chi connectivity index (χ1n) is 7.59. The Bertz CT molecular complexity index is 428. The first-order chi connectivity index (χ1) is 9.65. The van der Waals surface area contributed by atoms with Crippen LogP contribution in [0.5, 0.6) is 0 Å². The molecule has 0 radical (unpaired) electrons. The van der Waals surface area contributed by atoms with Crippen LogP contribution in [0.3, 0.4) is 0 Å². The van der Waals surface area contributed by atoms with Crippen molar-refractivity contribution in [1.82, 2.24) is 4.90 Å². The van der Waals surface area contributed by atoms with E-state index < -0.39 is 0 Å². The predicted octanol–water partition coefficient (Wildman–Crippen LogP) is 2.87. The van der Waals surface area contributed by atoms with Crippen molar-refractivity contribution in [1.29, 1.82) is 0 Å². The number of hydrogen-bond acceptors (Lipinski definition) is 3. The topological polar surface area (TPSA) is 32.5 Å². The molecular formula is C16H26BrN3. The Morgan fingerprint density at radius 3 is 2.65 bits per heavy atom. The molecule has 1 saturated heterocycles. The summed E-state index contributed by atoms with van der Waals surface area (Å²) < 4.78 is 1.14. The number of nitrogens with zero attached hydrogens (tertiary/aromatic N) is 2. The second-order valence-electron chi connectivity index (χ2n) is 5.59. The van der Waals surface area contributed by atoms with Gasteiger partial charge in [-0.15, -0.1) is 0 Å². The van der Waals surface area contributed by atoms with Crippen molar-refractivity contribution >= 4 is 21.6 Å². The Balaban J connectivity index is 2.10. The van der Waals surface area contributed by atoms with Gasteiger partial charge in [0.25, 0.3) is 0 Å². The van der Waals surface area contributed by atoms with Crippen molar-refractivity contribution in [3.05, 3.63) is 28.2 Å². The molecule has 20 heavy (non-hydrogen) atoms. The number of piperidine rings is 1. The first kappa shape index (κ1) is 15.8. The average molecular weight is 340 g/mol. The van der Waals surface area contributed by atoms with Gasteiger partial charge in [0, 0.05) is 36.3 Å². The van der Waals surface area contributed by atoms with Crippen LogP contribution in [0.2, 0.25) is 0 Å². The fourth-order valence-electron chi connectivity index (χ4n) is 3.07. The van der Waals surface area contributed by atoms with Crippen molar-refractivity contribution in [2.45, 2.75) is 32.2 Å². The summed E-state index contributed by atoms with van der Waals surface area (Å²) in [4.78, 5) is 5.00. The molecule has 1 fully saturated rings. The van der Waals surface area contributed by atoms with E-state index >= 15 is 0 Å². The van der Waals surface area contributed by atoms with Gasteiger partial charge >= 0.3 is 0 Å². The second kappa shape index (κ2) is 7.43. The number of rotatable bonds is 5. The van der Waals surface area contributed by atoms with Crippen molar-refractivity contribution in [3.8, 4) is 0 Å². The average Bonchev–Trinajstić information content (AvgIpc) is 2.47. The van der Waals surface area contributed by atoms with Crippen molar-refractivity contribution < 1.29 is 0 Å². The summed E-state index contributed by atoms with van der Waals surface area (Å²) in [6.45, 7) is 6.55. The zero-order chi connectivity index (χ0) is 14.5. The van der Waals surface area contributed by atoms with Gasteiger partial charge in [-0.25, -0.2) is 0 Å². The number of likely N-dealkylation sites (tertiary alicyclic amines) is 1. The predicted molar refractivity (Wildman–Crippen MR) is 90.4 cm³/mol. The molecule has 0 saturated carbocycles. The Morgan fingerprint density at radius 1 is 1.35 bits per heavy atom. The summed E-state index contributed by atoms with van der Waals surface area (Å²) in [5, 5.41) is 0. The zero-order valence-corrected chi connectivity index (χ0v) is 14.2. The highest BCUT2D eigenvalue weighted by atomic mass is 79.9. The molecule has 0 amide bonds. The van der Waals surface area contributed by atoms with Crippen molar-refractivity contribution in [2.75, 3.05) is 38.1 Å². The molecule has 0 aromatic heterocycles. The number of nitrogens with two attached hydrogens (primary N) is 1. The normalized spacial score (nSPS) is 17.4. The van der Waals surface area contributed by atoms with Crippen LogP contribution >= 0.6 is 15.9 Å². The van der Waals surface area contributed by atoms with Crippen molar-refractivity contribution in [3.63, 3.8) is 0 Å². The van der Waals surface area contributed by atoms with E-state index in [1.165, 1.54) is 43.7 Å². The lowest BCUT2D eigenvalue weighted by atomic mass is 10.0. The quantitative estimate of drug-likeness (QED) is 0.895. The molecular weight excluding hydrogens is 314 g/mol. The van der Waals surface area contributed by atoms with E-state index in [0.717, 1.165) is 10.9 Å². The third-order valence-electron chi connectivity index (χ3n) is 4.39. The molecule has 1 aromatic carbocycles. The highest BCUT2D eigenvalue weighted by Gasteiger charge is 2.23.